The molecular formula is C10H13ClN2O. The fourth-order valence-electron chi connectivity index (χ4n) is 1.36. The van der Waals surface area contributed by atoms with E-state index in [4.69, 9.17) is 17.3 Å². The van der Waals surface area contributed by atoms with Gasteiger partial charge in [0, 0.05) is 5.02 Å². The Balaban J connectivity index is 3.00. The maximum absolute atomic E-state index is 11.2. The minimum atomic E-state index is -0.396. The maximum Gasteiger partial charge on any atom is 0.239 e. The summed E-state index contributed by atoms with van der Waals surface area (Å²) in [7, 11) is 3.62. The van der Waals surface area contributed by atoms with E-state index in [2.05, 4.69) is 0 Å². The molecule has 1 aromatic rings. The van der Waals surface area contributed by atoms with Crippen molar-refractivity contribution < 1.29 is 4.79 Å². The molecule has 0 bridgehead atoms. The van der Waals surface area contributed by atoms with Crippen molar-refractivity contribution in [1.29, 1.82) is 0 Å². The molecule has 0 spiro atoms. The van der Waals surface area contributed by atoms with E-state index in [1.807, 2.05) is 14.1 Å². The van der Waals surface area contributed by atoms with Crippen LogP contribution in [-0.4, -0.2) is 24.9 Å². The number of amides is 1. The van der Waals surface area contributed by atoms with Crippen molar-refractivity contribution in [1.82, 2.24) is 4.90 Å². The number of halogens is 1. The van der Waals surface area contributed by atoms with Gasteiger partial charge in [-0.15, -0.1) is 0 Å². The summed E-state index contributed by atoms with van der Waals surface area (Å²) in [5.41, 5.74) is 6.15. The summed E-state index contributed by atoms with van der Waals surface area (Å²) in [5.74, 6) is -0.364. The van der Waals surface area contributed by atoms with Gasteiger partial charge in [-0.25, -0.2) is 0 Å². The molecular weight excluding hydrogens is 200 g/mol. The number of benzene rings is 1. The lowest BCUT2D eigenvalue weighted by Gasteiger charge is -2.21. The SMILES string of the molecule is CN(C)[C@@H](C(N)=O)c1ccc(Cl)cc1. The molecule has 0 aliphatic rings. The summed E-state index contributed by atoms with van der Waals surface area (Å²) in [6, 6.07) is 6.70. The number of primary amides is 1. The van der Waals surface area contributed by atoms with E-state index in [9.17, 15) is 4.79 Å². The van der Waals surface area contributed by atoms with Crippen molar-refractivity contribution in [2.75, 3.05) is 14.1 Å². The molecule has 0 aromatic heterocycles. The second-order valence-electron chi connectivity index (χ2n) is 3.32. The average molecular weight is 213 g/mol. The van der Waals surface area contributed by atoms with Crippen LogP contribution >= 0.6 is 11.6 Å². The van der Waals surface area contributed by atoms with Gasteiger partial charge in [0.25, 0.3) is 0 Å². The minimum absolute atomic E-state index is 0.364. The smallest absolute Gasteiger partial charge is 0.239 e. The van der Waals surface area contributed by atoms with E-state index < -0.39 is 6.04 Å². The van der Waals surface area contributed by atoms with Crippen LogP contribution in [0.1, 0.15) is 11.6 Å². The fraction of sp³-hybridized carbons (Fsp3) is 0.300. The summed E-state index contributed by atoms with van der Waals surface area (Å²) < 4.78 is 0. The lowest BCUT2D eigenvalue weighted by Crippen LogP contribution is -2.32. The molecule has 1 amide bonds. The Kier molecular flexibility index (Phi) is 3.49. The van der Waals surface area contributed by atoms with Crippen LogP contribution in [0.15, 0.2) is 24.3 Å². The molecule has 2 N–H and O–H groups in total. The van der Waals surface area contributed by atoms with Crippen molar-refractivity contribution in [3.63, 3.8) is 0 Å². The zero-order valence-corrected chi connectivity index (χ0v) is 8.95. The van der Waals surface area contributed by atoms with Crippen LogP contribution in [0.3, 0.4) is 0 Å². The fourth-order valence-corrected chi connectivity index (χ4v) is 1.49. The first-order valence-corrected chi connectivity index (χ1v) is 4.61. The van der Waals surface area contributed by atoms with Crippen molar-refractivity contribution in [2.45, 2.75) is 6.04 Å². The number of likely N-dealkylation sites (N-methyl/N-ethyl adjacent to an activating group) is 1. The summed E-state index contributed by atoms with van der Waals surface area (Å²) in [4.78, 5) is 12.9. The molecule has 14 heavy (non-hydrogen) atoms. The second kappa shape index (κ2) is 4.44. The number of hydrogen-bond acceptors (Lipinski definition) is 2. The van der Waals surface area contributed by atoms with Gasteiger partial charge in [-0.2, -0.15) is 0 Å². The van der Waals surface area contributed by atoms with E-state index in [0.29, 0.717) is 5.02 Å². The Morgan fingerprint density at radius 1 is 1.36 bits per heavy atom. The number of rotatable bonds is 3. The zero-order valence-electron chi connectivity index (χ0n) is 8.20. The Labute approximate surface area is 88.5 Å². The molecule has 76 valence electrons. The Bertz CT molecular complexity index is 321. The summed E-state index contributed by atoms with van der Waals surface area (Å²) in [5, 5.41) is 0.649. The first-order valence-electron chi connectivity index (χ1n) is 4.23. The molecule has 1 aromatic carbocycles. The highest BCUT2D eigenvalue weighted by Gasteiger charge is 2.19. The first-order chi connectivity index (χ1) is 6.52. The first kappa shape index (κ1) is 11.0. The van der Waals surface area contributed by atoms with Gasteiger partial charge in [0.05, 0.1) is 0 Å². The quantitative estimate of drug-likeness (QED) is 0.824. The van der Waals surface area contributed by atoms with Crippen LogP contribution in [0.5, 0.6) is 0 Å². The third-order valence-electron chi connectivity index (χ3n) is 1.97. The van der Waals surface area contributed by atoms with Crippen LogP contribution in [-0.2, 0) is 4.79 Å². The Morgan fingerprint density at radius 2 is 1.86 bits per heavy atom. The normalized spacial score (nSPS) is 12.9. The second-order valence-corrected chi connectivity index (χ2v) is 3.76. The van der Waals surface area contributed by atoms with E-state index in [0.717, 1.165) is 5.56 Å². The van der Waals surface area contributed by atoms with Crippen LogP contribution in [0.2, 0.25) is 5.02 Å². The monoisotopic (exact) mass is 212 g/mol. The number of hydrogen-bond donors (Lipinski definition) is 1. The van der Waals surface area contributed by atoms with Gasteiger partial charge in [-0.05, 0) is 31.8 Å². The lowest BCUT2D eigenvalue weighted by atomic mass is 10.1. The van der Waals surface area contributed by atoms with Crippen molar-refractivity contribution in [3.8, 4) is 0 Å². The van der Waals surface area contributed by atoms with Gasteiger partial charge >= 0.3 is 0 Å². The summed E-state index contributed by atoms with van der Waals surface area (Å²) in [6.45, 7) is 0. The van der Waals surface area contributed by atoms with E-state index in [1.165, 1.54) is 0 Å². The number of carbonyl (C=O) groups is 1. The molecule has 0 aliphatic heterocycles. The van der Waals surface area contributed by atoms with Gasteiger partial charge in [0.1, 0.15) is 6.04 Å². The largest absolute Gasteiger partial charge is 0.368 e. The number of nitrogens with zero attached hydrogens (tertiary/aromatic N) is 1. The molecule has 1 rings (SSSR count). The van der Waals surface area contributed by atoms with Crippen LogP contribution in [0, 0.1) is 0 Å². The molecule has 0 unspecified atom stereocenters. The van der Waals surface area contributed by atoms with Crippen LogP contribution in [0.4, 0.5) is 0 Å². The van der Waals surface area contributed by atoms with E-state index >= 15 is 0 Å². The topological polar surface area (TPSA) is 46.3 Å². The summed E-state index contributed by atoms with van der Waals surface area (Å²) in [6.07, 6.45) is 0. The molecule has 0 aliphatic carbocycles. The maximum atomic E-state index is 11.2. The number of carbonyl (C=O) groups excluding carboxylic acids is 1. The van der Waals surface area contributed by atoms with Gasteiger partial charge in [0.15, 0.2) is 0 Å². The zero-order chi connectivity index (χ0) is 10.7. The van der Waals surface area contributed by atoms with E-state index in [1.54, 1.807) is 29.2 Å². The molecule has 4 heteroatoms. The predicted octanol–water partition coefficient (Wildman–Crippen LogP) is 1.43. The van der Waals surface area contributed by atoms with Crippen LogP contribution in [0.25, 0.3) is 0 Å². The molecule has 0 saturated heterocycles. The highest BCUT2D eigenvalue weighted by atomic mass is 35.5. The standard InChI is InChI=1S/C10H13ClN2O/c1-13(2)9(10(12)14)7-3-5-8(11)6-4-7/h3-6,9H,1-2H3,(H2,12,14)/t9-/m1/s1. The third-order valence-corrected chi connectivity index (χ3v) is 2.22. The lowest BCUT2D eigenvalue weighted by molar-refractivity contribution is -0.122. The van der Waals surface area contributed by atoms with Crippen molar-refractivity contribution in [2.24, 2.45) is 5.73 Å². The molecule has 0 fully saturated rings. The predicted molar refractivity (Wildman–Crippen MR) is 57.1 cm³/mol. The van der Waals surface area contributed by atoms with Crippen LogP contribution < -0.4 is 5.73 Å². The molecule has 0 saturated carbocycles. The highest BCUT2D eigenvalue weighted by Crippen LogP contribution is 2.19. The molecule has 1 atom stereocenters. The summed E-state index contributed by atoms with van der Waals surface area (Å²) >= 11 is 5.75. The van der Waals surface area contributed by atoms with E-state index in [-0.39, 0.29) is 5.91 Å². The Hall–Kier alpha value is -1.06. The third kappa shape index (κ3) is 2.47. The van der Waals surface area contributed by atoms with Crippen molar-refractivity contribution in [3.05, 3.63) is 34.9 Å². The average Bonchev–Trinajstić information content (AvgIpc) is 2.07. The number of nitrogens with two attached hydrogens (primary N) is 1. The molecule has 3 nitrogen and oxygen atoms in total. The minimum Gasteiger partial charge on any atom is -0.368 e. The highest BCUT2D eigenvalue weighted by molar-refractivity contribution is 6.30. The van der Waals surface area contributed by atoms with Gasteiger partial charge in [-0.3, -0.25) is 9.69 Å². The van der Waals surface area contributed by atoms with Crippen molar-refractivity contribution >= 4 is 17.5 Å². The molecule has 0 radical (unpaired) electrons. The van der Waals surface area contributed by atoms with Gasteiger partial charge < -0.3 is 5.73 Å². The van der Waals surface area contributed by atoms with Gasteiger partial charge in [0.2, 0.25) is 5.91 Å². The van der Waals surface area contributed by atoms with Gasteiger partial charge in [-0.1, -0.05) is 23.7 Å². The molecule has 0 heterocycles. The Morgan fingerprint density at radius 3 is 2.21 bits per heavy atom.